The maximum atomic E-state index is 12.7. The van der Waals surface area contributed by atoms with E-state index in [1.165, 1.54) is 17.2 Å². The molecule has 1 aliphatic carbocycles. The number of carbonyl (C=O) groups is 2. The second-order valence-corrected chi connectivity index (χ2v) is 8.51. The second kappa shape index (κ2) is 7.63. The van der Waals surface area contributed by atoms with Crippen molar-refractivity contribution in [2.45, 2.75) is 72.5 Å². The van der Waals surface area contributed by atoms with Gasteiger partial charge in [-0.05, 0) is 63.5 Å². The van der Waals surface area contributed by atoms with Gasteiger partial charge in [0.15, 0.2) is 0 Å². The number of hydrogen-bond acceptors (Lipinski definition) is 4. The van der Waals surface area contributed by atoms with Crippen LogP contribution < -0.4 is 0 Å². The smallest absolute Gasteiger partial charge is 0.419 e. The first kappa shape index (κ1) is 19.5. The molecule has 0 aromatic carbocycles. The minimum absolute atomic E-state index is 0.0989. The zero-order valence-electron chi connectivity index (χ0n) is 16.2. The summed E-state index contributed by atoms with van der Waals surface area (Å²) in [5.41, 5.74) is -0.403. The lowest BCUT2D eigenvalue weighted by molar-refractivity contribution is -0.0186. The second-order valence-electron chi connectivity index (χ2n) is 8.51. The highest BCUT2D eigenvalue weighted by Crippen LogP contribution is 2.35. The first-order valence-corrected chi connectivity index (χ1v) is 9.20. The zero-order valence-corrected chi connectivity index (χ0v) is 16.2. The topological polar surface area (TPSA) is 57.5 Å². The predicted molar refractivity (Wildman–Crippen MR) is 96.6 cm³/mol. The average Bonchev–Trinajstić information content (AvgIpc) is 2.94. The molecular weight excluding hydrogens is 318 g/mol. The molecule has 0 bridgehead atoms. The highest BCUT2D eigenvalue weighted by molar-refractivity contribution is 5.92. The Kier molecular flexibility index (Phi) is 5.96. The summed E-state index contributed by atoms with van der Waals surface area (Å²) in [5, 5.41) is 0. The first-order valence-electron chi connectivity index (χ1n) is 9.20. The molecule has 2 unspecified atom stereocenters. The summed E-state index contributed by atoms with van der Waals surface area (Å²) in [6.07, 6.45) is 3.99. The number of rotatable bonds is 3. The Morgan fingerprint density at radius 1 is 1.24 bits per heavy atom. The lowest BCUT2D eigenvalue weighted by Gasteiger charge is -2.36. The quantitative estimate of drug-likeness (QED) is 0.729. The van der Waals surface area contributed by atoms with Crippen LogP contribution in [0.2, 0.25) is 0 Å². The Labute approximate surface area is 150 Å². The predicted octanol–water partition coefficient (Wildman–Crippen LogP) is 4.89. The van der Waals surface area contributed by atoms with Gasteiger partial charge in [-0.3, -0.25) is 0 Å². The molecule has 0 amide bonds. The minimum Gasteiger partial charge on any atom is -0.457 e. The fraction of sp³-hybridized carbons (Fsp3) is 0.700. The molecule has 0 aliphatic heterocycles. The van der Waals surface area contributed by atoms with Crippen molar-refractivity contribution < 1.29 is 19.1 Å². The number of esters is 1. The Morgan fingerprint density at radius 3 is 2.52 bits per heavy atom. The van der Waals surface area contributed by atoms with Gasteiger partial charge in [-0.2, -0.15) is 0 Å². The standard InChI is InChI=1S/C20H31NO4/c1-13(2)15-10-9-14(3)12-17(15)24-18(22)16-8-7-11-21(16)19(23)25-20(4,5)6/h7-8,11,13-15,17H,9-10,12H2,1-6H3/t14-,15?,17?/m1/s1. The molecule has 0 N–H and O–H groups in total. The van der Waals surface area contributed by atoms with Crippen LogP contribution >= 0.6 is 0 Å². The summed E-state index contributed by atoms with van der Waals surface area (Å²) in [6, 6.07) is 3.26. The molecule has 1 aliphatic rings. The van der Waals surface area contributed by atoms with Gasteiger partial charge in [0.2, 0.25) is 0 Å². The molecule has 1 fully saturated rings. The van der Waals surface area contributed by atoms with E-state index < -0.39 is 17.7 Å². The van der Waals surface area contributed by atoms with E-state index in [2.05, 4.69) is 20.8 Å². The number of carbonyl (C=O) groups excluding carboxylic acids is 2. The van der Waals surface area contributed by atoms with E-state index >= 15 is 0 Å². The molecule has 3 atom stereocenters. The highest BCUT2D eigenvalue weighted by Gasteiger charge is 2.34. The fourth-order valence-corrected chi connectivity index (χ4v) is 3.47. The Hall–Kier alpha value is -1.78. The summed E-state index contributed by atoms with van der Waals surface area (Å²) in [5.74, 6) is 0.916. The molecular formula is C20H31NO4. The molecule has 1 aromatic rings. The van der Waals surface area contributed by atoms with Gasteiger partial charge < -0.3 is 9.47 Å². The van der Waals surface area contributed by atoms with Crippen LogP contribution in [-0.2, 0) is 9.47 Å². The first-order chi connectivity index (χ1) is 11.6. The summed E-state index contributed by atoms with van der Waals surface area (Å²) >= 11 is 0. The van der Waals surface area contributed by atoms with Crippen LogP contribution in [0.1, 0.15) is 71.3 Å². The van der Waals surface area contributed by atoms with Crippen molar-refractivity contribution in [3.63, 3.8) is 0 Å². The third kappa shape index (κ3) is 5.10. The van der Waals surface area contributed by atoms with Crippen molar-refractivity contribution in [1.82, 2.24) is 4.57 Å². The summed E-state index contributed by atoms with van der Waals surface area (Å²) in [4.78, 5) is 25.0. The minimum atomic E-state index is -0.621. The van der Waals surface area contributed by atoms with Crippen LogP contribution in [0.5, 0.6) is 0 Å². The number of ether oxygens (including phenoxy) is 2. The van der Waals surface area contributed by atoms with Crippen molar-refractivity contribution in [3.05, 3.63) is 24.0 Å². The van der Waals surface area contributed by atoms with Gasteiger partial charge in [-0.1, -0.05) is 27.2 Å². The van der Waals surface area contributed by atoms with Crippen LogP contribution in [0.15, 0.2) is 18.3 Å². The van der Waals surface area contributed by atoms with Gasteiger partial charge in [0, 0.05) is 6.20 Å². The molecule has 140 valence electrons. The molecule has 5 nitrogen and oxygen atoms in total. The van der Waals surface area contributed by atoms with E-state index in [0.29, 0.717) is 17.8 Å². The molecule has 5 heteroatoms. The van der Waals surface area contributed by atoms with Gasteiger partial charge in [0.25, 0.3) is 0 Å². The van der Waals surface area contributed by atoms with Crippen LogP contribution in [0.25, 0.3) is 0 Å². The van der Waals surface area contributed by atoms with Crippen molar-refractivity contribution >= 4 is 12.1 Å². The highest BCUT2D eigenvalue weighted by atomic mass is 16.6. The van der Waals surface area contributed by atoms with E-state index in [0.717, 1.165) is 12.8 Å². The normalized spacial score (nSPS) is 24.2. The molecule has 1 saturated carbocycles. The molecule has 1 aromatic heterocycles. The van der Waals surface area contributed by atoms with E-state index in [4.69, 9.17) is 9.47 Å². The maximum Gasteiger partial charge on any atom is 0.419 e. The summed E-state index contributed by atoms with van der Waals surface area (Å²) in [6.45, 7) is 11.9. The van der Waals surface area contributed by atoms with Gasteiger partial charge in [-0.15, -0.1) is 0 Å². The zero-order chi connectivity index (χ0) is 18.8. The number of hydrogen-bond donors (Lipinski definition) is 0. The third-order valence-electron chi connectivity index (χ3n) is 4.77. The van der Waals surface area contributed by atoms with Gasteiger partial charge in [0.1, 0.15) is 17.4 Å². The third-order valence-corrected chi connectivity index (χ3v) is 4.77. The largest absolute Gasteiger partial charge is 0.457 e. The van der Waals surface area contributed by atoms with E-state index in [1.807, 2.05) is 0 Å². The van der Waals surface area contributed by atoms with E-state index in [1.54, 1.807) is 32.9 Å². The van der Waals surface area contributed by atoms with Crippen LogP contribution in [0.4, 0.5) is 4.79 Å². The van der Waals surface area contributed by atoms with E-state index in [9.17, 15) is 9.59 Å². The number of aromatic nitrogens is 1. The van der Waals surface area contributed by atoms with Crippen LogP contribution in [0, 0.1) is 17.8 Å². The van der Waals surface area contributed by atoms with Crippen molar-refractivity contribution in [2.75, 3.05) is 0 Å². The molecule has 0 radical (unpaired) electrons. The van der Waals surface area contributed by atoms with Gasteiger partial charge >= 0.3 is 12.1 Å². The molecule has 2 rings (SSSR count). The SMILES string of the molecule is CC(C)C1CC[C@@H](C)CC1OC(=O)c1cccn1C(=O)OC(C)(C)C. The van der Waals surface area contributed by atoms with Crippen molar-refractivity contribution in [2.24, 2.45) is 17.8 Å². The van der Waals surface area contributed by atoms with E-state index in [-0.39, 0.29) is 11.8 Å². The summed E-state index contributed by atoms with van der Waals surface area (Å²) < 4.78 is 12.4. The van der Waals surface area contributed by atoms with Crippen LogP contribution in [-0.4, -0.2) is 28.3 Å². The molecule has 25 heavy (non-hydrogen) atoms. The maximum absolute atomic E-state index is 12.7. The van der Waals surface area contributed by atoms with Crippen LogP contribution in [0.3, 0.4) is 0 Å². The van der Waals surface area contributed by atoms with Crippen molar-refractivity contribution in [1.29, 1.82) is 0 Å². The Balaban J connectivity index is 2.13. The summed E-state index contributed by atoms with van der Waals surface area (Å²) in [7, 11) is 0. The monoisotopic (exact) mass is 349 g/mol. The van der Waals surface area contributed by atoms with Crippen molar-refractivity contribution in [3.8, 4) is 0 Å². The van der Waals surface area contributed by atoms with Gasteiger partial charge in [-0.25, -0.2) is 14.2 Å². The Morgan fingerprint density at radius 2 is 1.92 bits per heavy atom. The molecule has 0 saturated heterocycles. The Bertz CT molecular complexity index is 611. The fourth-order valence-electron chi connectivity index (χ4n) is 3.47. The lowest BCUT2D eigenvalue weighted by Crippen LogP contribution is -2.36. The number of nitrogens with zero attached hydrogens (tertiary/aromatic N) is 1. The lowest BCUT2D eigenvalue weighted by atomic mass is 9.75. The molecule has 1 heterocycles. The van der Waals surface area contributed by atoms with Gasteiger partial charge in [0.05, 0.1) is 0 Å². The average molecular weight is 349 g/mol. The molecule has 0 spiro atoms.